The van der Waals surface area contributed by atoms with Crippen molar-refractivity contribution < 1.29 is 5.11 Å². The summed E-state index contributed by atoms with van der Waals surface area (Å²) in [6, 6.07) is 0.257. The number of thioether (sulfide) groups is 1. The Kier molecular flexibility index (Phi) is 5.92. The van der Waals surface area contributed by atoms with E-state index in [0.29, 0.717) is 10.9 Å². The third kappa shape index (κ3) is 4.28. The highest BCUT2D eigenvalue weighted by molar-refractivity contribution is 7.99. The summed E-state index contributed by atoms with van der Waals surface area (Å²) in [6.45, 7) is 2.95. The average Bonchev–Trinajstić information content (AvgIpc) is 2.63. The largest absolute Gasteiger partial charge is 0.395 e. The van der Waals surface area contributed by atoms with Gasteiger partial charge in [0, 0.05) is 17.8 Å². The second-order valence-corrected chi connectivity index (χ2v) is 6.01. The van der Waals surface area contributed by atoms with Gasteiger partial charge >= 0.3 is 0 Å². The first-order valence-electron chi connectivity index (χ1n) is 4.64. The molecule has 2 N–H and O–H groups in total. The van der Waals surface area contributed by atoms with Gasteiger partial charge in [-0.3, -0.25) is 0 Å². The van der Waals surface area contributed by atoms with E-state index in [-0.39, 0.29) is 17.9 Å². The van der Waals surface area contributed by atoms with E-state index < -0.39 is 0 Å². The SMILES string of the molecule is CSC(CO)C(C)NCc1ncc(Cl)s1. The summed E-state index contributed by atoms with van der Waals surface area (Å²) >= 11 is 8.92. The molecule has 1 aromatic heterocycles. The van der Waals surface area contributed by atoms with Crippen molar-refractivity contribution in [2.75, 3.05) is 12.9 Å². The van der Waals surface area contributed by atoms with Crippen molar-refractivity contribution in [3.05, 3.63) is 15.5 Å². The molecule has 0 radical (unpaired) electrons. The fraction of sp³-hybridized carbons (Fsp3) is 0.667. The van der Waals surface area contributed by atoms with Crippen LogP contribution in [0.25, 0.3) is 0 Å². The van der Waals surface area contributed by atoms with Crippen molar-refractivity contribution in [3.8, 4) is 0 Å². The predicted molar refractivity (Wildman–Crippen MR) is 67.8 cm³/mol. The molecule has 0 aliphatic carbocycles. The molecule has 6 heteroatoms. The highest BCUT2D eigenvalue weighted by Crippen LogP contribution is 2.18. The van der Waals surface area contributed by atoms with Crippen LogP contribution in [0.2, 0.25) is 4.34 Å². The van der Waals surface area contributed by atoms with Crippen molar-refractivity contribution in [2.45, 2.75) is 24.8 Å². The summed E-state index contributed by atoms with van der Waals surface area (Å²) in [6.07, 6.45) is 3.66. The van der Waals surface area contributed by atoms with Crippen molar-refractivity contribution in [1.82, 2.24) is 10.3 Å². The molecule has 0 aromatic carbocycles. The lowest BCUT2D eigenvalue weighted by molar-refractivity contribution is 0.276. The Labute approximate surface area is 103 Å². The van der Waals surface area contributed by atoms with Crippen molar-refractivity contribution in [2.24, 2.45) is 0 Å². The van der Waals surface area contributed by atoms with Gasteiger partial charge in [-0.25, -0.2) is 4.98 Å². The monoisotopic (exact) mass is 266 g/mol. The highest BCUT2D eigenvalue weighted by atomic mass is 35.5. The van der Waals surface area contributed by atoms with Gasteiger partial charge < -0.3 is 10.4 Å². The first-order chi connectivity index (χ1) is 7.17. The number of hydrogen-bond acceptors (Lipinski definition) is 5. The van der Waals surface area contributed by atoms with Crippen LogP contribution in [0.4, 0.5) is 0 Å². The van der Waals surface area contributed by atoms with Crippen molar-refractivity contribution >= 4 is 34.7 Å². The van der Waals surface area contributed by atoms with Crippen LogP contribution in [-0.4, -0.2) is 34.2 Å². The van der Waals surface area contributed by atoms with Gasteiger partial charge in [-0.2, -0.15) is 11.8 Å². The standard InChI is InChI=1S/C9H15ClN2OS2/c1-6(7(5-13)14-2)11-4-9-12-3-8(10)15-9/h3,6-7,11,13H,4-5H2,1-2H3. The lowest BCUT2D eigenvalue weighted by atomic mass is 10.2. The Balaban J connectivity index is 2.36. The van der Waals surface area contributed by atoms with Crippen LogP contribution in [-0.2, 0) is 6.54 Å². The Morgan fingerprint density at radius 2 is 2.47 bits per heavy atom. The summed E-state index contributed by atoms with van der Waals surface area (Å²) in [7, 11) is 0. The molecule has 1 rings (SSSR count). The van der Waals surface area contributed by atoms with E-state index >= 15 is 0 Å². The van der Waals surface area contributed by atoms with Crippen LogP contribution in [0, 0.1) is 0 Å². The van der Waals surface area contributed by atoms with E-state index in [1.54, 1.807) is 18.0 Å². The third-order valence-corrected chi connectivity index (χ3v) is 4.42. The maximum absolute atomic E-state index is 9.10. The average molecular weight is 267 g/mol. The van der Waals surface area contributed by atoms with Crippen LogP contribution >= 0.6 is 34.7 Å². The summed E-state index contributed by atoms with van der Waals surface area (Å²) in [5.41, 5.74) is 0. The van der Waals surface area contributed by atoms with E-state index in [2.05, 4.69) is 17.2 Å². The summed E-state index contributed by atoms with van der Waals surface area (Å²) in [5, 5.41) is 13.6. The Morgan fingerprint density at radius 3 is 2.93 bits per heavy atom. The number of thiazole rings is 1. The van der Waals surface area contributed by atoms with Crippen molar-refractivity contribution in [3.63, 3.8) is 0 Å². The summed E-state index contributed by atoms with van der Waals surface area (Å²) < 4.78 is 0.711. The molecule has 0 spiro atoms. The fourth-order valence-electron chi connectivity index (χ4n) is 1.19. The van der Waals surface area contributed by atoms with Crippen LogP contribution in [0.3, 0.4) is 0 Å². The quantitative estimate of drug-likeness (QED) is 0.827. The van der Waals surface area contributed by atoms with Crippen LogP contribution < -0.4 is 5.32 Å². The Morgan fingerprint density at radius 1 is 1.73 bits per heavy atom. The molecular formula is C9H15ClN2OS2. The molecule has 0 amide bonds. The molecule has 3 nitrogen and oxygen atoms in total. The molecular weight excluding hydrogens is 252 g/mol. The van der Waals surface area contributed by atoms with E-state index in [4.69, 9.17) is 16.7 Å². The molecule has 0 bridgehead atoms. The zero-order valence-electron chi connectivity index (χ0n) is 8.74. The van der Waals surface area contributed by atoms with Gasteiger partial charge in [0.2, 0.25) is 0 Å². The second kappa shape index (κ2) is 6.70. The predicted octanol–water partition coefficient (Wildman–Crippen LogP) is 2.00. The molecule has 2 unspecified atom stereocenters. The third-order valence-electron chi connectivity index (χ3n) is 2.14. The number of aromatic nitrogens is 1. The van der Waals surface area contributed by atoms with Crippen LogP contribution in [0.15, 0.2) is 6.20 Å². The first kappa shape index (κ1) is 13.3. The normalized spacial score (nSPS) is 15.2. The second-order valence-electron chi connectivity index (χ2n) is 3.18. The van der Waals surface area contributed by atoms with Gasteiger partial charge in [-0.15, -0.1) is 11.3 Å². The van der Waals surface area contributed by atoms with E-state index in [0.717, 1.165) is 5.01 Å². The summed E-state index contributed by atoms with van der Waals surface area (Å²) in [4.78, 5) is 4.15. The van der Waals surface area contributed by atoms with Gasteiger partial charge in [-0.1, -0.05) is 11.6 Å². The molecule has 86 valence electrons. The Bertz CT molecular complexity index is 291. The molecule has 0 fully saturated rings. The molecule has 0 saturated heterocycles. The molecule has 2 atom stereocenters. The number of nitrogens with zero attached hydrogens (tertiary/aromatic N) is 1. The number of hydrogen-bond donors (Lipinski definition) is 2. The smallest absolute Gasteiger partial charge is 0.113 e. The van der Waals surface area contributed by atoms with Gasteiger partial charge in [0.05, 0.1) is 12.8 Å². The molecule has 0 aliphatic rings. The molecule has 0 saturated carbocycles. The van der Waals surface area contributed by atoms with Crippen LogP contribution in [0.1, 0.15) is 11.9 Å². The lowest BCUT2D eigenvalue weighted by Gasteiger charge is -2.20. The van der Waals surface area contributed by atoms with Gasteiger partial charge in [0.1, 0.15) is 9.34 Å². The van der Waals surface area contributed by atoms with E-state index in [9.17, 15) is 0 Å². The molecule has 0 aliphatic heterocycles. The van der Waals surface area contributed by atoms with E-state index in [1.807, 2.05) is 6.26 Å². The first-order valence-corrected chi connectivity index (χ1v) is 7.12. The minimum Gasteiger partial charge on any atom is -0.395 e. The van der Waals surface area contributed by atoms with Gasteiger partial charge in [-0.05, 0) is 13.2 Å². The summed E-state index contributed by atoms with van der Waals surface area (Å²) in [5.74, 6) is 0. The number of nitrogens with one attached hydrogen (secondary N) is 1. The Hall–Kier alpha value is 0.190. The topological polar surface area (TPSA) is 45.1 Å². The molecule has 1 aromatic rings. The minimum atomic E-state index is 0.188. The van der Waals surface area contributed by atoms with Crippen molar-refractivity contribution in [1.29, 1.82) is 0 Å². The van der Waals surface area contributed by atoms with Crippen LogP contribution in [0.5, 0.6) is 0 Å². The molecule has 15 heavy (non-hydrogen) atoms. The number of aliphatic hydroxyl groups is 1. The van der Waals surface area contributed by atoms with Gasteiger partial charge in [0.25, 0.3) is 0 Å². The maximum atomic E-state index is 9.10. The zero-order chi connectivity index (χ0) is 11.3. The number of aliphatic hydroxyl groups excluding tert-OH is 1. The van der Waals surface area contributed by atoms with Gasteiger partial charge in [0.15, 0.2) is 0 Å². The minimum absolute atomic E-state index is 0.188. The highest BCUT2D eigenvalue weighted by Gasteiger charge is 2.14. The lowest BCUT2D eigenvalue weighted by Crippen LogP contribution is -2.37. The molecule has 1 heterocycles. The fourth-order valence-corrected chi connectivity index (χ4v) is 2.75. The maximum Gasteiger partial charge on any atom is 0.113 e. The number of rotatable bonds is 6. The van der Waals surface area contributed by atoms with E-state index in [1.165, 1.54) is 11.3 Å². The number of halogens is 1. The zero-order valence-corrected chi connectivity index (χ0v) is 11.1.